The van der Waals surface area contributed by atoms with Gasteiger partial charge in [0.15, 0.2) is 5.69 Å². The first-order chi connectivity index (χ1) is 13.2. The van der Waals surface area contributed by atoms with Gasteiger partial charge in [-0.2, -0.15) is 0 Å². The maximum Gasteiger partial charge on any atom is 0.276 e. The van der Waals surface area contributed by atoms with E-state index in [1.807, 2.05) is 47.5 Å². The van der Waals surface area contributed by atoms with Crippen LogP contribution in [0.1, 0.15) is 46.9 Å². The average molecular weight is 382 g/mol. The lowest BCUT2D eigenvalue weighted by molar-refractivity contribution is 0.0605. The molecule has 0 unspecified atom stereocenters. The van der Waals surface area contributed by atoms with E-state index < -0.39 is 0 Å². The minimum atomic E-state index is -0.0779. The third kappa shape index (κ3) is 4.01. The fourth-order valence-corrected chi connectivity index (χ4v) is 3.62. The molecule has 1 fully saturated rings. The van der Waals surface area contributed by atoms with E-state index in [4.69, 9.17) is 11.6 Å². The minimum absolute atomic E-state index is 0.0429. The van der Waals surface area contributed by atoms with Crippen LogP contribution in [0.25, 0.3) is 0 Å². The van der Waals surface area contributed by atoms with Crippen molar-refractivity contribution in [3.63, 3.8) is 0 Å². The van der Waals surface area contributed by atoms with Gasteiger partial charge in [0, 0.05) is 24.0 Å². The second-order valence-electron chi connectivity index (χ2n) is 6.72. The summed E-state index contributed by atoms with van der Waals surface area (Å²) in [5, 5.41) is 8.93. The number of amides is 1. The van der Waals surface area contributed by atoms with Crippen molar-refractivity contribution in [2.75, 3.05) is 6.54 Å². The summed E-state index contributed by atoms with van der Waals surface area (Å²) in [5.74, 6) is -0.0779. The van der Waals surface area contributed by atoms with E-state index in [0.717, 1.165) is 36.9 Å². The van der Waals surface area contributed by atoms with Gasteiger partial charge < -0.3 is 4.90 Å². The Morgan fingerprint density at radius 1 is 1.19 bits per heavy atom. The Labute approximate surface area is 162 Å². The zero-order valence-corrected chi connectivity index (χ0v) is 15.6. The van der Waals surface area contributed by atoms with Crippen LogP contribution in [0.15, 0.2) is 55.0 Å². The van der Waals surface area contributed by atoms with Crippen LogP contribution >= 0.6 is 11.6 Å². The summed E-state index contributed by atoms with van der Waals surface area (Å²) < 4.78 is 1.68. The van der Waals surface area contributed by atoms with E-state index >= 15 is 0 Å². The Morgan fingerprint density at radius 3 is 2.81 bits per heavy atom. The predicted molar refractivity (Wildman–Crippen MR) is 102 cm³/mol. The molecule has 2 aromatic heterocycles. The SMILES string of the molecule is O=C(c1cn(Cc2ccc(Cl)cc2)nn1)N1CCCC[C@@H]1c1cccnc1. The Hall–Kier alpha value is -2.73. The molecule has 1 saturated heterocycles. The smallest absolute Gasteiger partial charge is 0.276 e. The zero-order chi connectivity index (χ0) is 18.6. The molecule has 6 nitrogen and oxygen atoms in total. The summed E-state index contributed by atoms with van der Waals surface area (Å²) in [6.07, 6.45) is 8.35. The van der Waals surface area contributed by atoms with Gasteiger partial charge in [0.1, 0.15) is 0 Å². The molecule has 1 aliphatic heterocycles. The molecule has 1 aromatic carbocycles. The van der Waals surface area contributed by atoms with Crippen LogP contribution in [0.2, 0.25) is 5.02 Å². The molecule has 1 atom stereocenters. The van der Waals surface area contributed by atoms with Crippen molar-refractivity contribution in [3.8, 4) is 0 Å². The summed E-state index contributed by atoms with van der Waals surface area (Å²) in [6, 6.07) is 11.5. The van der Waals surface area contributed by atoms with E-state index in [0.29, 0.717) is 17.3 Å². The van der Waals surface area contributed by atoms with Gasteiger partial charge in [0.2, 0.25) is 0 Å². The fraction of sp³-hybridized carbons (Fsp3) is 0.300. The van der Waals surface area contributed by atoms with Crippen molar-refractivity contribution in [1.29, 1.82) is 0 Å². The fourth-order valence-electron chi connectivity index (χ4n) is 3.49. The van der Waals surface area contributed by atoms with Gasteiger partial charge in [-0.25, -0.2) is 4.68 Å². The van der Waals surface area contributed by atoms with Crippen LogP contribution in [0, 0.1) is 0 Å². The molecule has 0 saturated carbocycles. The number of piperidine rings is 1. The number of pyridine rings is 1. The van der Waals surface area contributed by atoms with Crippen LogP contribution in [-0.2, 0) is 6.54 Å². The van der Waals surface area contributed by atoms with E-state index in [2.05, 4.69) is 15.3 Å². The second-order valence-corrected chi connectivity index (χ2v) is 7.16. The van der Waals surface area contributed by atoms with Crippen LogP contribution in [0.5, 0.6) is 0 Å². The molecular formula is C20H20ClN5O. The zero-order valence-electron chi connectivity index (χ0n) is 14.8. The highest BCUT2D eigenvalue weighted by Gasteiger charge is 2.30. The molecule has 3 heterocycles. The summed E-state index contributed by atoms with van der Waals surface area (Å²) in [6.45, 7) is 1.27. The molecule has 0 bridgehead atoms. The van der Waals surface area contributed by atoms with Gasteiger partial charge in [-0.1, -0.05) is 35.0 Å². The number of likely N-dealkylation sites (tertiary alicyclic amines) is 1. The minimum Gasteiger partial charge on any atom is -0.330 e. The molecule has 0 N–H and O–H groups in total. The van der Waals surface area contributed by atoms with Crippen molar-refractivity contribution in [2.45, 2.75) is 31.8 Å². The lowest BCUT2D eigenvalue weighted by Gasteiger charge is -2.35. The summed E-state index contributed by atoms with van der Waals surface area (Å²) in [5.41, 5.74) is 2.49. The van der Waals surface area contributed by atoms with Gasteiger partial charge in [-0.05, 0) is 48.6 Å². The highest BCUT2D eigenvalue weighted by atomic mass is 35.5. The monoisotopic (exact) mass is 381 g/mol. The van der Waals surface area contributed by atoms with E-state index in [-0.39, 0.29) is 11.9 Å². The van der Waals surface area contributed by atoms with E-state index in [1.165, 1.54) is 0 Å². The normalized spacial score (nSPS) is 17.1. The molecular weight excluding hydrogens is 362 g/mol. The average Bonchev–Trinajstić information content (AvgIpc) is 3.18. The molecule has 3 aromatic rings. The first-order valence-corrected chi connectivity index (χ1v) is 9.44. The number of halogens is 1. The summed E-state index contributed by atoms with van der Waals surface area (Å²) in [7, 11) is 0. The highest BCUT2D eigenvalue weighted by molar-refractivity contribution is 6.30. The van der Waals surface area contributed by atoms with Crippen molar-refractivity contribution >= 4 is 17.5 Å². The topological polar surface area (TPSA) is 63.9 Å². The number of hydrogen-bond donors (Lipinski definition) is 0. The van der Waals surface area contributed by atoms with Crippen molar-refractivity contribution < 1.29 is 4.79 Å². The Balaban J connectivity index is 1.51. The lowest BCUT2D eigenvalue weighted by Crippen LogP contribution is -2.38. The van der Waals surface area contributed by atoms with Gasteiger partial charge in [0.25, 0.3) is 5.91 Å². The van der Waals surface area contributed by atoms with Gasteiger partial charge in [0.05, 0.1) is 18.8 Å². The molecule has 4 rings (SSSR count). The van der Waals surface area contributed by atoms with Crippen LogP contribution in [0.4, 0.5) is 0 Å². The highest BCUT2D eigenvalue weighted by Crippen LogP contribution is 2.31. The summed E-state index contributed by atoms with van der Waals surface area (Å²) >= 11 is 5.92. The van der Waals surface area contributed by atoms with E-state index in [9.17, 15) is 4.79 Å². The van der Waals surface area contributed by atoms with Crippen LogP contribution in [-0.4, -0.2) is 37.3 Å². The molecule has 7 heteroatoms. The molecule has 1 aliphatic rings. The quantitative estimate of drug-likeness (QED) is 0.690. The number of nitrogens with zero attached hydrogens (tertiary/aromatic N) is 5. The van der Waals surface area contributed by atoms with Crippen molar-refractivity contribution in [2.24, 2.45) is 0 Å². The lowest BCUT2D eigenvalue weighted by atomic mass is 9.96. The first-order valence-electron chi connectivity index (χ1n) is 9.06. The molecule has 0 radical (unpaired) electrons. The predicted octanol–water partition coefficient (Wildman–Crippen LogP) is 3.74. The van der Waals surface area contributed by atoms with Gasteiger partial charge in [-0.3, -0.25) is 9.78 Å². The number of carbonyl (C=O) groups excluding carboxylic acids is 1. The molecule has 0 aliphatic carbocycles. The number of benzene rings is 1. The molecule has 0 spiro atoms. The van der Waals surface area contributed by atoms with Gasteiger partial charge in [-0.15, -0.1) is 5.10 Å². The van der Waals surface area contributed by atoms with Crippen molar-refractivity contribution in [3.05, 3.63) is 76.8 Å². The molecule has 1 amide bonds. The Bertz CT molecular complexity index is 910. The largest absolute Gasteiger partial charge is 0.330 e. The Kier molecular flexibility index (Phi) is 5.16. The first kappa shape index (κ1) is 17.7. The van der Waals surface area contributed by atoms with Crippen molar-refractivity contribution in [1.82, 2.24) is 24.9 Å². The molecule has 27 heavy (non-hydrogen) atoms. The molecule has 138 valence electrons. The number of aromatic nitrogens is 4. The maximum absolute atomic E-state index is 13.1. The third-order valence-corrected chi connectivity index (χ3v) is 5.10. The number of hydrogen-bond acceptors (Lipinski definition) is 4. The van der Waals surface area contributed by atoms with Gasteiger partial charge >= 0.3 is 0 Å². The van der Waals surface area contributed by atoms with Crippen LogP contribution in [0.3, 0.4) is 0 Å². The third-order valence-electron chi connectivity index (χ3n) is 4.85. The standard InChI is InChI=1S/C20H20ClN5O/c21-17-8-6-15(7-9-17)13-25-14-18(23-24-25)20(27)26-11-2-1-5-19(26)16-4-3-10-22-12-16/h3-4,6-10,12,14,19H,1-2,5,11,13H2/t19-/m1/s1. The second kappa shape index (κ2) is 7.88. The summed E-state index contributed by atoms with van der Waals surface area (Å²) in [4.78, 5) is 19.2. The number of rotatable bonds is 4. The maximum atomic E-state index is 13.1. The van der Waals surface area contributed by atoms with E-state index in [1.54, 1.807) is 17.1 Å². The number of carbonyl (C=O) groups is 1. The Morgan fingerprint density at radius 2 is 2.04 bits per heavy atom. The van der Waals surface area contributed by atoms with Crippen LogP contribution < -0.4 is 0 Å².